The van der Waals surface area contributed by atoms with Gasteiger partial charge in [-0.25, -0.2) is 0 Å². The van der Waals surface area contributed by atoms with Gasteiger partial charge in [0.25, 0.3) is 0 Å². The summed E-state index contributed by atoms with van der Waals surface area (Å²) in [4.78, 5) is 4.57. The summed E-state index contributed by atoms with van der Waals surface area (Å²) < 4.78 is 5.60. The lowest BCUT2D eigenvalue weighted by Gasteiger charge is -2.33. The molecular weight excluding hydrogens is 226 g/mol. The van der Waals surface area contributed by atoms with Crippen molar-refractivity contribution in [2.24, 2.45) is 11.8 Å². The van der Waals surface area contributed by atoms with Gasteiger partial charge in [0, 0.05) is 30.5 Å². The third-order valence-electron chi connectivity index (χ3n) is 4.33. The van der Waals surface area contributed by atoms with Crippen molar-refractivity contribution in [1.82, 2.24) is 10.4 Å². The van der Waals surface area contributed by atoms with Gasteiger partial charge < -0.3 is 4.74 Å². The first-order chi connectivity index (χ1) is 8.90. The second-order valence-electron chi connectivity index (χ2n) is 5.36. The molecule has 3 rings (SSSR count). The van der Waals surface area contributed by atoms with Crippen LogP contribution in [-0.2, 0) is 11.2 Å². The quantitative estimate of drug-likeness (QED) is 0.625. The number of nitrogens with one attached hydrogen (secondary N) is 1. The molecule has 0 saturated carbocycles. The van der Waals surface area contributed by atoms with Gasteiger partial charge >= 0.3 is 0 Å². The molecule has 2 heterocycles. The van der Waals surface area contributed by atoms with Crippen molar-refractivity contribution in [1.29, 1.82) is 0 Å². The molecule has 4 nitrogen and oxygen atoms in total. The van der Waals surface area contributed by atoms with Crippen LogP contribution in [0.3, 0.4) is 0 Å². The number of hydrazine groups is 1. The van der Waals surface area contributed by atoms with Crippen LogP contribution >= 0.6 is 0 Å². The van der Waals surface area contributed by atoms with E-state index in [0.717, 1.165) is 32.5 Å². The van der Waals surface area contributed by atoms with Crippen molar-refractivity contribution in [2.75, 3.05) is 13.2 Å². The Morgan fingerprint density at radius 1 is 1.44 bits per heavy atom. The molecule has 0 radical (unpaired) electrons. The zero-order chi connectivity index (χ0) is 12.4. The molecule has 2 aliphatic rings. The maximum Gasteiger partial charge on any atom is 0.0509 e. The van der Waals surface area contributed by atoms with Gasteiger partial charge in [-0.2, -0.15) is 0 Å². The van der Waals surface area contributed by atoms with E-state index < -0.39 is 0 Å². The first-order valence-electron chi connectivity index (χ1n) is 6.88. The molecule has 1 fully saturated rings. The smallest absolute Gasteiger partial charge is 0.0509 e. The highest BCUT2D eigenvalue weighted by molar-refractivity contribution is 5.30. The Bertz CT molecular complexity index is 404. The van der Waals surface area contributed by atoms with E-state index in [-0.39, 0.29) is 0 Å². The number of nitrogens with zero attached hydrogens (tertiary/aromatic N) is 1. The molecule has 1 aliphatic carbocycles. The molecule has 0 spiro atoms. The minimum Gasteiger partial charge on any atom is -0.381 e. The maximum absolute atomic E-state index is 5.81. The fourth-order valence-electron chi connectivity index (χ4n) is 3.42. The van der Waals surface area contributed by atoms with E-state index in [4.69, 9.17) is 10.6 Å². The Labute approximate surface area is 108 Å². The van der Waals surface area contributed by atoms with Crippen LogP contribution < -0.4 is 11.3 Å². The summed E-state index contributed by atoms with van der Waals surface area (Å²) in [7, 11) is 0. The van der Waals surface area contributed by atoms with Gasteiger partial charge in [-0.05, 0) is 43.2 Å². The monoisotopic (exact) mass is 247 g/mol. The molecule has 18 heavy (non-hydrogen) atoms. The van der Waals surface area contributed by atoms with E-state index in [1.807, 2.05) is 12.3 Å². The highest BCUT2D eigenvalue weighted by atomic mass is 16.5. The van der Waals surface area contributed by atoms with Crippen LogP contribution in [-0.4, -0.2) is 24.2 Å². The summed E-state index contributed by atoms with van der Waals surface area (Å²) in [5.41, 5.74) is 5.66. The maximum atomic E-state index is 5.81. The fourth-order valence-corrected chi connectivity index (χ4v) is 3.42. The summed E-state index contributed by atoms with van der Waals surface area (Å²) in [6, 6.07) is 4.50. The van der Waals surface area contributed by atoms with Gasteiger partial charge in [0.05, 0.1) is 6.61 Å². The van der Waals surface area contributed by atoms with Crippen LogP contribution in [0.15, 0.2) is 18.3 Å². The lowest BCUT2D eigenvalue weighted by Crippen LogP contribution is -2.47. The molecule has 0 bridgehead atoms. The molecular formula is C14H21N3O. The molecule has 98 valence electrons. The number of hydrogen-bond donors (Lipinski definition) is 2. The van der Waals surface area contributed by atoms with Gasteiger partial charge in [-0.1, -0.05) is 6.07 Å². The standard InChI is InChI=1S/C14H21N3O/c15-17-14(11-4-2-8-18-9-11)12-6-5-10-3-1-7-16-13(10)12/h1,3,7,11-12,14,17H,2,4-6,8-9,15H2. The Balaban J connectivity index is 1.80. The lowest BCUT2D eigenvalue weighted by atomic mass is 9.84. The van der Waals surface area contributed by atoms with Crippen molar-refractivity contribution in [3.8, 4) is 0 Å². The molecule has 3 atom stereocenters. The van der Waals surface area contributed by atoms with E-state index in [2.05, 4.69) is 16.5 Å². The Kier molecular flexibility index (Phi) is 3.59. The van der Waals surface area contributed by atoms with E-state index in [9.17, 15) is 0 Å². The second-order valence-corrected chi connectivity index (χ2v) is 5.36. The van der Waals surface area contributed by atoms with Crippen molar-refractivity contribution in [2.45, 2.75) is 37.6 Å². The average molecular weight is 247 g/mol. The fraction of sp³-hybridized carbons (Fsp3) is 0.643. The molecule has 3 unspecified atom stereocenters. The summed E-state index contributed by atoms with van der Waals surface area (Å²) >= 11 is 0. The normalized spacial score (nSPS) is 28.9. The minimum absolute atomic E-state index is 0.293. The third-order valence-corrected chi connectivity index (χ3v) is 4.33. The molecule has 1 aliphatic heterocycles. The molecule has 0 amide bonds. The number of aryl methyl sites for hydroxylation is 1. The number of pyridine rings is 1. The van der Waals surface area contributed by atoms with Crippen molar-refractivity contribution in [3.05, 3.63) is 29.6 Å². The summed E-state index contributed by atoms with van der Waals surface area (Å²) in [5.74, 6) is 6.77. The van der Waals surface area contributed by atoms with E-state index in [0.29, 0.717) is 17.9 Å². The zero-order valence-electron chi connectivity index (χ0n) is 10.6. The van der Waals surface area contributed by atoms with E-state index >= 15 is 0 Å². The Morgan fingerprint density at radius 3 is 3.17 bits per heavy atom. The SMILES string of the molecule is NNC(C1CCCOC1)C1CCc2cccnc21. The topological polar surface area (TPSA) is 60.2 Å². The van der Waals surface area contributed by atoms with Crippen LogP contribution in [0.1, 0.15) is 36.4 Å². The molecule has 4 heteroatoms. The molecule has 0 aromatic carbocycles. The predicted molar refractivity (Wildman–Crippen MR) is 70.0 cm³/mol. The molecule has 1 aromatic heterocycles. The summed E-state index contributed by atoms with van der Waals surface area (Å²) in [6.45, 7) is 1.72. The number of ether oxygens (including phenoxy) is 1. The molecule has 3 N–H and O–H groups in total. The van der Waals surface area contributed by atoms with Crippen LogP contribution in [0.5, 0.6) is 0 Å². The number of aromatic nitrogens is 1. The first kappa shape index (κ1) is 12.1. The average Bonchev–Trinajstić information content (AvgIpc) is 2.85. The lowest BCUT2D eigenvalue weighted by molar-refractivity contribution is 0.0345. The van der Waals surface area contributed by atoms with Gasteiger partial charge in [0.15, 0.2) is 0 Å². The second kappa shape index (κ2) is 5.34. The number of hydrogen-bond acceptors (Lipinski definition) is 4. The van der Waals surface area contributed by atoms with Crippen LogP contribution in [0.25, 0.3) is 0 Å². The molecule has 1 aromatic rings. The van der Waals surface area contributed by atoms with Gasteiger partial charge in [0.1, 0.15) is 0 Å². The Hall–Kier alpha value is -0.970. The number of fused-ring (bicyclic) bond motifs is 1. The van der Waals surface area contributed by atoms with E-state index in [1.54, 1.807) is 0 Å². The third kappa shape index (κ3) is 2.16. The summed E-state index contributed by atoms with van der Waals surface area (Å²) in [5, 5.41) is 0. The number of nitrogens with two attached hydrogens (primary N) is 1. The molecule has 1 saturated heterocycles. The predicted octanol–water partition coefficient (Wildman–Crippen LogP) is 1.37. The highest BCUT2D eigenvalue weighted by Crippen LogP contribution is 2.37. The van der Waals surface area contributed by atoms with Gasteiger partial charge in [-0.3, -0.25) is 16.3 Å². The number of rotatable bonds is 3. The largest absolute Gasteiger partial charge is 0.381 e. The summed E-state index contributed by atoms with van der Waals surface area (Å²) in [6.07, 6.45) is 6.51. The van der Waals surface area contributed by atoms with Crippen LogP contribution in [0.2, 0.25) is 0 Å². The van der Waals surface area contributed by atoms with Gasteiger partial charge in [0.2, 0.25) is 0 Å². The minimum atomic E-state index is 0.293. The van der Waals surface area contributed by atoms with Crippen molar-refractivity contribution in [3.63, 3.8) is 0 Å². The zero-order valence-corrected chi connectivity index (χ0v) is 10.6. The van der Waals surface area contributed by atoms with Gasteiger partial charge in [-0.15, -0.1) is 0 Å². The highest BCUT2D eigenvalue weighted by Gasteiger charge is 2.35. The van der Waals surface area contributed by atoms with Crippen molar-refractivity contribution >= 4 is 0 Å². The first-order valence-corrected chi connectivity index (χ1v) is 6.88. The van der Waals surface area contributed by atoms with E-state index in [1.165, 1.54) is 17.7 Å². The van der Waals surface area contributed by atoms with Crippen LogP contribution in [0.4, 0.5) is 0 Å². The van der Waals surface area contributed by atoms with Crippen LogP contribution in [0, 0.1) is 5.92 Å². The van der Waals surface area contributed by atoms with Crippen molar-refractivity contribution < 1.29 is 4.74 Å². The Morgan fingerprint density at radius 2 is 2.39 bits per heavy atom.